The molecule has 1 heterocycles. The minimum atomic E-state index is -0.280. The molecule has 0 aromatic carbocycles. The molecule has 1 amide bonds. The van der Waals surface area contributed by atoms with Crippen LogP contribution in [0, 0.1) is 0 Å². The second-order valence-electron chi connectivity index (χ2n) is 3.88. The van der Waals surface area contributed by atoms with Crippen LogP contribution in [0.1, 0.15) is 33.1 Å². The van der Waals surface area contributed by atoms with Crippen molar-refractivity contribution in [3.63, 3.8) is 0 Å². The first-order valence-corrected chi connectivity index (χ1v) is 5.33. The van der Waals surface area contributed by atoms with E-state index >= 15 is 0 Å². The third kappa shape index (κ3) is 2.96. The maximum absolute atomic E-state index is 11.6. The summed E-state index contributed by atoms with van der Waals surface area (Å²) in [7, 11) is 0. The number of nitrogens with two attached hydrogens (primary N) is 1. The van der Waals surface area contributed by atoms with Gasteiger partial charge < -0.3 is 15.8 Å². The van der Waals surface area contributed by atoms with Gasteiger partial charge in [0.15, 0.2) is 0 Å². The first-order valence-electron chi connectivity index (χ1n) is 5.33. The molecule has 0 saturated carbocycles. The zero-order chi connectivity index (χ0) is 10.6. The smallest absolute Gasteiger partial charge is 0.249 e. The normalized spacial score (nSPS) is 28.8. The van der Waals surface area contributed by atoms with Crippen LogP contribution in [0.2, 0.25) is 0 Å². The molecule has 14 heavy (non-hydrogen) atoms. The molecule has 1 aliphatic rings. The molecule has 0 spiro atoms. The van der Waals surface area contributed by atoms with E-state index in [0.717, 1.165) is 19.3 Å². The third-order valence-electron chi connectivity index (χ3n) is 2.66. The second-order valence-corrected chi connectivity index (χ2v) is 3.88. The van der Waals surface area contributed by atoms with Crippen molar-refractivity contribution in [2.24, 2.45) is 5.73 Å². The molecular formula is C10H20N2O2. The first kappa shape index (κ1) is 11.5. The van der Waals surface area contributed by atoms with Crippen LogP contribution in [0.4, 0.5) is 0 Å². The Hall–Kier alpha value is -0.610. The summed E-state index contributed by atoms with van der Waals surface area (Å²) in [6.07, 6.45) is 2.43. The molecule has 4 nitrogen and oxygen atoms in total. The molecule has 4 heteroatoms. The highest BCUT2D eigenvalue weighted by Crippen LogP contribution is 2.18. The predicted molar refractivity (Wildman–Crippen MR) is 54.8 cm³/mol. The predicted octanol–water partition coefficient (Wildman–Crippen LogP) is 0.407. The second kappa shape index (κ2) is 5.32. The lowest BCUT2D eigenvalue weighted by Crippen LogP contribution is -2.40. The quantitative estimate of drug-likeness (QED) is 0.690. The van der Waals surface area contributed by atoms with E-state index in [9.17, 15) is 4.79 Å². The number of carbonyl (C=O) groups excluding carboxylic acids is 1. The van der Waals surface area contributed by atoms with Crippen molar-refractivity contribution in [3.8, 4) is 0 Å². The Morgan fingerprint density at radius 3 is 2.86 bits per heavy atom. The fraction of sp³-hybridized carbons (Fsp3) is 0.900. The topological polar surface area (TPSA) is 64.4 Å². The van der Waals surface area contributed by atoms with Crippen LogP contribution in [0.3, 0.4) is 0 Å². The maximum Gasteiger partial charge on any atom is 0.249 e. The van der Waals surface area contributed by atoms with Crippen LogP contribution < -0.4 is 11.1 Å². The molecule has 0 radical (unpaired) electrons. The van der Waals surface area contributed by atoms with Gasteiger partial charge in [-0.15, -0.1) is 0 Å². The van der Waals surface area contributed by atoms with Gasteiger partial charge in [-0.3, -0.25) is 4.79 Å². The molecule has 1 unspecified atom stereocenters. The van der Waals surface area contributed by atoms with Gasteiger partial charge >= 0.3 is 0 Å². The van der Waals surface area contributed by atoms with E-state index in [1.165, 1.54) is 0 Å². The minimum absolute atomic E-state index is 0.00954. The van der Waals surface area contributed by atoms with Crippen LogP contribution in [0.25, 0.3) is 0 Å². The summed E-state index contributed by atoms with van der Waals surface area (Å²) < 4.78 is 5.48. The summed E-state index contributed by atoms with van der Waals surface area (Å²) in [4.78, 5) is 11.6. The zero-order valence-corrected chi connectivity index (χ0v) is 8.95. The number of amides is 1. The van der Waals surface area contributed by atoms with Crippen LogP contribution in [-0.2, 0) is 9.53 Å². The van der Waals surface area contributed by atoms with E-state index in [2.05, 4.69) is 5.32 Å². The number of hydrogen-bond acceptors (Lipinski definition) is 3. The summed E-state index contributed by atoms with van der Waals surface area (Å²) in [5, 5.41) is 2.91. The summed E-state index contributed by atoms with van der Waals surface area (Å²) in [5.41, 5.74) is 5.47. The fourth-order valence-electron chi connectivity index (χ4n) is 1.51. The van der Waals surface area contributed by atoms with Crippen molar-refractivity contribution in [1.29, 1.82) is 0 Å². The van der Waals surface area contributed by atoms with Crippen molar-refractivity contribution >= 4 is 5.91 Å². The van der Waals surface area contributed by atoms with E-state index in [1.807, 2.05) is 13.8 Å². The highest BCUT2D eigenvalue weighted by atomic mass is 16.5. The molecule has 3 N–H and O–H groups in total. The van der Waals surface area contributed by atoms with Gasteiger partial charge in [0, 0.05) is 12.6 Å². The summed E-state index contributed by atoms with van der Waals surface area (Å²) in [6.45, 7) is 4.55. The van der Waals surface area contributed by atoms with Crippen LogP contribution in [0.15, 0.2) is 0 Å². The first-order chi connectivity index (χ1) is 6.67. The molecular weight excluding hydrogens is 180 g/mol. The lowest BCUT2D eigenvalue weighted by molar-refractivity contribution is -0.132. The Bertz CT molecular complexity index is 197. The molecule has 0 aromatic rings. The van der Waals surface area contributed by atoms with Gasteiger partial charge in [-0.05, 0) is 26.2 Å². The molecule has 1 rings (SSSR count). The van der Waals surface area contributed by atoms with Gasteiger partial charge in [0.25, 0.3) is 0 Å². The van der Waals surface area contributed by atoms with Gasteiger partial charge in [-0.2, -0.15) is 0 Å². The van der Waals surface area contributed by atoms with E-state index in [4.69, 9.17) is 10.5 Å². The van der Waals surface area contributed by atoms with Gasteiger partial charge in [0.05, 0.1) is 6.10 Å². The van der Waals surface area contributed by atoms with E-state index < -0.39 is 0 Å². The largest absolute Gasteiger partial charge is 0.364 e. The monoisotopic (exact) mass is 200 g/mol. The number of ether oxygens (including phenoxy) is 1. The highest BCUT2D eigenvalue weighted by molar-refractivity contribution is 5.81. The number of carbonyl (C=O) groups is 1. The number of rotatable bonds is 4. The minimum Gasteiger partial charge on any atom is -0.364 e. The van der Waals surface area contributed by atoms with Gasteiger partial charge in [-0.1, -0.05) is 6.92 Å². The third-order valence-corrected chi connectivity index (χ3v) is 2.66. The van der Waals surface area contributed by atoms with Crippen LogP contribution >= 0.6 is 0 Å². The Morgan fingerprint density at radius 2 is 2.36 bits per heavy atom. The van der Waals surface area contributed by atoms with Gasteiger partial charge in [0.1, 0.15) is 6.10 Å². The summed E-state index contributed by atoms with van der Waals surface area (Å²) in [5.74, 6) is 0.00954. The molecule has 1 aliphatic heterocycles. The average Bonchev–Trinajstić information content (AvgIpc) is 2.65. The van der Waals surface area contributed by atoms with Gasteiger partial charge in [-0.25, -0.2) is 0 Å². The van der Waals surface area contributed by atoms with Crippen molar-refractivity contribution in [2.75, 3.05) is 6.54 Å². The van der Waals surface area contributed by atoms with E-state index in [1.54, 1.807) is 0 Å². The average molecular weight is 200 g/mol. The van der Waals surface area contributed by atoms with Crippen molar-refractivity contribution in [2.45, 2.75) is 51.4 Å². The van der Waals surface area contributed by atoms with E-state index in [0.29, 0.717) is 6.54 Å². The lowest BCUT2D eigenvalue weighted by atomic mass is 10.1. The summed E-state index contributed by atoms with van der Waals surface area (Å²) >= 11 is 0. The Balaban J connectivity index is 2.32. The van der Waals surface area contributed by atoms with Crippen LogP contribution in [0.5, 0.6) is 0 Å². The standard InChI is InChI=1S/C10H20N2O2/c1-3-7(2)12-10(13)9-5-4-8(6-11)14-9/h7-9H,3-6,11H2,1-2H3,(H,12,13)/t7?,8-,9+/m1/s1. The van der Waals surface area contributed by atoms with Crippen LogP contribution in [-0.4, -0.2) is 30.7 Å². The molecule has 3 atom stereocenters. The molecule has 1 fully saturated rings. The SMILES string of the molecule is CCC(C)NC(=O)[C@@H]1CC[C@H](CN)O1. The van der Waals surface area contributed by atoms with Gasteiger partial charge in [0.2, 0.25) is 5.91 Å². The Morgan fingerprint density at radius 1 is 1.64 bits per heavy atom. The fourth-order valence-corrected chi connectivity index (χ4v) is 1.51. The Labute approximate surface area is 85.2 Å². The zero-order valence-electron chi connectivity index (χ0n) is 8.95. The van der Waals surface area contributed by atoms with Crippen molar-refractivity contribution in [3.05, 3.63) is 0 Å². The summed E-state index contributed by atoms with van der Waals surface area (Å²) in [6, 6.07) is 0.225. The molecule has 1 saturated heterocycles. The lowest BCUT2D eigenvalue weighted by Gasteiger charge is -2.16. The van der Waals surface area contributed by atoms with Crippen molar-refractivity contribution in [1.82, 2.24) is 5.32 Å². The van der Waals surface area contributed by atoms with E-state index in [-0.39, 0.29) is 24.2 Å². The highest BCUT2D eigenvalue weighted by Gasteiger charge is 2.29. The van der Waals surface area contributed by atoms with Crippen molar-refractivity contribution < 1.29 is 9.53 Å². The molecule has 82 valence electrons. The number of hydrogen-bond donors (Lipinski definition) is 2. The Kier molecular flexibility index (Phi) is 4.35. The molecule has 0 aliphatic carbocycles. The molecule has 0 bridgehead atoms. The maximum atomic E-state index is 11.6. The molecule has 0 aromatic heterocycles. The number of nitrogens with one attached hydrogen (secondary N) is 1.